The van der Waals surface area contributed by atoms with Gasteiger partial charge in [-0.25, -0.2) is 4.98 Å². The minimum absolute atomic E-state index is 0.0224. The van der Waals surface area contributed by atoms with Gasteiger partial charge in [0.05, 0.1) is 17.2 Å². The van der Waals surface area contributed by atoms with Crippen molar-refractivity contribution in [2.45, 2.75) is 25.8 Å². The van der Waals surface area contributed by atoms with Crippen LogP contribution in [0.4, 0.5) is 5.69 Å². The third kappa shape index (κ3) is 1.79. The van der Waals surface area contributed by atoms with Crippen LogP contribution in [0.15, 0.2) is 29.3 Å². The maximum Gasteiger partial charge on any atom is 0.261 e. The molecule has 17 heavy (non-hydrogen) atoms. The summed E-state index contributed by atoms with van der Waals surface area (Å²) in [6, 6.07) is 5.27. The van der Waals surface area contributed by atoms with E-state index in [0.717, 1.165) is 6.54 Å². The van der Waals surface area contributed by atoms with Crippen LogP contribution in [0.5, 0.6) is 0 Å². The SMILES string of the molecule is Nc1ccc2ncn(CC3CCC3)c(=O)c2c1. The van der Waals surface area contributed by atoms with Crippen molar-refractivity contribution in [3.8, 4) is 0 Å². The van der Waals surface area contributed by atoms with Crippen molar-refractivity contribution in [1.82, 2.24) is 9.55 Å². The van der Waals surface area contributed by atoms with Crippen molar-refractivity contribution >= 4 is 16.6 Å². The monoisotopic (exact) mass is 229 g/mol. The standard InChI is InChI=1S/C13H15N3O/c14-10-4-5-12-11(6-10)13(17)16(8-15-12)7-9-2-1-3-9/h4-6,8-9H,1-3,7,14H2. The largest absolute Gasteiger partial charge is 0.399 e. The first kappa shape index (κ1) is 10.3. The molecule has 0 radical (unpaired) electrons. The van der Waals surface area contributed by atoms with Gasteiger partial charge in [-0.05, 0) is 37.0 Å². The first-order valence-electron chi connectivity index (χ1n) is 5.99. The van der Waals surface area contributed by atoms with Gasteiger partial charge in [-0.15, -0.1) is 0 Å². The van der Waals surface area contributed by atoms with Crippen LogP contribution in [0.2, 0.25) is 0 Å². The van der Waals surface area contributed by atoms with E-state index in [4.69, 9.17) is 5.73 Å². The summed E-state index contributed by atoms with van der Waals surface area (Å²) < 4.78 is 1.71. The number of nitrogens with zero attached hydrogens (tertiary/aromatic N) is 2. The summed E-state index contributed by atoms with van der Waals surface area (Å²) in [4.78, 5) is 16.5. The third-order valence-electron chi connectivity index (χ3n) is 3.53. The lowest BCUT2D eigenvalue weighted by molar-refractivity contribution is 0.273. The van der Waals surface area contributed by atoms with Gasteiger partial charge < -0.3 is 5.73 Å². The molecule has 4 heteroatoms. The molecule has 3 rings (SSSR count). The van der Waals surface area contributed by atoms with Crippen LogP contribution in [0.1, 0.15) is 19.3 Å². The van der Waals surface area contributed by atoms with Crippen LogP contribution < -0.4 is 11.3 Å². The van der Waals surface area contributed by atoms with E-state index in [2.05, 4.69) is 4.98 Å². The molecule has 2 aromatic rings. The predicted molar refractivity (Wildman–Crippen MR) is 67.8 cm³/mol. The molecule has 0 unspecified atom stereocenters. The molecule has 0 atom stereocenters. The van der Waals surface area contributed by atoms with E-state index in [9.17, 15) is 4.79 Å². The topological polar surface area (TPSA) is 60.9 Å². The number of rotatable bonds is 2. The van der Waals surface area contributed by atoms with Crippen molar-refractivity contribution in [3.63, 3.8) is 0 Å². The molecule has 1 saturated carbocycles. The fourth-order valence-electron chi connectivity index (χ4n) is 2.26. The highest BCUT2D eigenvalue weighted by atomic mass is 16.1. The van der Waals surface area contributed by atoms with Gasteiger partial charge in [-0.1, -0.05) is 6.42 Å². The van der Waals surface area contributed by atoms with Gasteiger partial charge >= 0.3 is 0 Å². The fourth-order valence-corrected chi connectivity index (χ4v) is 2.26. The van der Waals surface area contributed by atoms with Gasteiger partial charge in [0.2, 0.25) is 0 Å². The molecule has 0 bridgehead atoms. The molecule has 0 spiro atoms. The zero-order valence-corrected chi connectivity index (χ0v) is 9.60. The van der Waals surface area contributed by atoms with Crippen molar-refractivity contribution in [1.29, 1.82) is 0 Å². The molecule has 88 valence electrons. The number of nitrogen functional groups attached to an aromatic ring is 1. The van der Waals surface area contributed by atoms with Crippen molar-refractivity contribution < 1.29 is 0 Å². The van der Waals surface area contributed by atoms with Crippen molar-refractivity contribution in [2.75, 3.05) is 5.73 Å². The molecule has 0 amide bonds. The Balaban J connectivity index is 2.07. The summed E-state index contributed by atoms with van der Waals surface area (Å²) in [7, 11) is 0. The van der Waals surface area contributed by atoms with Crippen LogP contribution in [0, 0.1) is 5.92 Å². The predicted octanol–water partition coefficient (Wildman–Crippen LogP) is 1.78. The van der Waals surface area contributed by atoms with Crippen molar-refractivity contribution in [2.24, 2.45) is 5.92 Å². The maximum atomic E-state index is 12.2. The quantitative estimate of drug-likeness (QED) is 0.798. The number of benzene rings is 1. The Bertz CT molecular complexity index is 614. The number of hydrogen-bond donors (Lipinski definition) is 1. The molecule has 1 aliphatic rings. The summed E-state index contributed by atoms with van der Waals surface area (Å²) in [5, 5.41) is 0.617. The van der Waals surface area contributed by atoms with E-state index in [1.165, 1.54) is 19.3 Å². The molecule has 2 N–H and O–H groups in total. The minimum atomic E-state index is 0.0224. The second-order valence-corrected chi connectivity index (χ2v) is 4.78. The Labute approximate surface area is 99.1 Å². The molecule has 1 fully saturated rings. The molecule has 4 nitrogen and oxygen atoms in total. The van der Waals surface area contributed by atoms with E-state index in [1.807, 2.05) is 0 Å². The normalized spacial score (nSPS) is 16.0. The summed E-state index contributed by atoms with van der Waals surface area (Å²) in [5.74, 6) is 0.646. The van der Waals surface area contributed by atoms with Crippen LogP contribution in [0.3, 0.4) is 0 Å². The van der Waals surface area contributed by atoms with Gasteiger partial charge in [-0.3, -0.25) is 9.36 Å². The van der Waals surface area contributed by atoms with Gasteiger partial charge in [0.25, 0.3) is 5.56 Å². The number of fused-ring (bicyclic) bond motifs is 1. The first-order valence-corrected chi connectivity index (χ1v) is 5.99. The number of anilines is 1. The molecule has 0 aliphatic heterocycles. The molecule has 1 aromatic heterocycles. The summed E-state index contributed by atoms with van der Waals surface area (Å²) in [6.07, 6.45) is 5.38. The lowest BCUT2D eigenvalue weighted by Gasteiger charge is -2.25. The third-order valence-corrected chi connectivity index (χ3v) is 3.53. The molecule has 0 saturated heterocycles. The van der Waals surface area contributed by atoms with E-state index in [-0.39, 0.29) is 5.56 Å². The van der Waals surface area contributed by atoms with E-state index in [1.54, 1.807) is 29.1 Å². The highest BCUT2D eigenvalue weighted by molar-refractivity contribution is 5.80. The zero-order valence-electron chi connectivity index (χ0n) is 9.60. The Morgan fingerprint density at radius 2 is 2.24 bits per heavy atom. The lowest BCUT2D eigenvalue weighted by Crippen LogP contribution is -2.27. The minimum Gasteiger partial charge on any atom is -0.399 e. The smallest absolute Gasteiger partial charge is 0.261 e. The summed E-state index contributed by atoms with van der Waals surface area (Å²) in [6.45, 7) is 0.788. The van der Waals surface area contributed by atoms with Crippen LogP contribution in [-0.2, 0) is 6.54 Å². The van der Waals surface area contributed by atoms with Crippen LogP contribution >= 0.6 is 0 Å². The molecule has 1 heterocycles. The van der Waals surface area contributed by atoms with Crippen LogP contribution in [-0.4, -0.2) is 9.55 Å². The van der Waals surface area contributed by atoms with E-state index in [0.29, 0.717) is 22.5 Å². The van der Waals surface area contributed by atoms with Crippen LogP contribution in [0.25, 0.3) is 10.9 Å². The van der Waals surface area contributed by atoms with Gasteiger partial charge in [0.1, 0.15) is 0 Å². The highest BCUT2D eigenvalue weighted by Crippen LogP contribution is 2.27. The Kier molecular flexibility index (Phi) is 2.35. The lowest BCUT2D eigenvalue weighted by atomic mass is 9.85. The second kappa shape index (κ2) is 3.87. The molecular formula is C13H15N3O. The van der Waals surface area contributed by atoms with Gasteiger partial charge in [0.15, 0.2) is 0 Å². The fraction of sp³-hybridized carbons (Fsp3) is 0.385. The second-order valence-electron chi connectivity index (χ2n) is 4.78. The molecular weight excluding hydrogens is 214 g/mol. The summed E-state index contributed by atoms with van der Waals surface area (Å²) >= 11 is 0. The number of aromatic nitrogens is 2. The Hall–Kier alpha value is -1.84. The molecule has 1 aromatic carbocycles. The van der Waals surface area contributed by atoms with E-state index < -0.39 is 0 Å². The zero-order chi connectivity index (χ0) is 11.8. The number of hydrogen-bond acceptors (Lipinski definition) is 3. The first-order chi connectivity index (χ1) is 8.24. The van der Waals surface area contributed by atoms with Gasteiger partial charge in [-0.2, -0.15) is 0 Å². The molecule has 1 aliphatic carbocycles. The van der Waals surface area contributed by atoms with Gasteiger partial charge in [0, 0.05) is 12.2 Å². The van der Waals surface area contributed by atoms with E-state index >= 15 is 0 Å². The average Bonchev–Trinajstić information content (AvgIpc) is 2.27. The van der Waals surface area contributed by atoms with Crippen molar-refractivity contribution in [3.05, 3.63) is 34.9 Å². The highest BCUT2D eigenvalue weighted by Gasteiger charge is 2.18. The Morgan fingerprint density at radius 1 is 1.41 bits per heavy atom. The maximum absolute atomic E-state index is 12.2. The average molecular weight is 229 g/mol. The summed E-state index contributed by atoms with van der Waals surface area (Å²) in [5.41, 5.74) is 7.05. The number of nitrogens with two attached hydrogens (primary N) is 1. The Morgan fingerprint density at radius 3 is 2.94 bits per heavy atom.